The lowest BCUT2D eigenvalue weighted by molar-refractivity contribution is 0.461. The van der Waals surface area contributed by atoms with Gasteiger partial charge in [0, 0.05) is 25.2 Å². The minimum atomic E-state index is 0.511. The summed E-state index contributed by atoms with van der Waals surface area (Å²) in [5.41, 5.74) is 0. The van der Waals surface area contributed by atoms with Gasteiger partial charge in [-0.05, 0) is 19.8 Å². The molecule has 104 valence electrons. The molecule has 2 heterocycles. The highest BCUT2D eigenvalue weighted by molar-refractivity contribution is 5.49. The first-order valence-corrected chi connectivity index (χ1v) is 7.39. The molecule has 0 atom stereocenters. The van der Waals surface area contributed by atoms with Crippen molar-refractivity contribution in [3.05, 3.63) is 11.9 Å². The molecule has 1 saturated carbocycles. The third kappa shape index (κ3) is 3.35. The lowest BCUT2D eigenvalue weighted by Crippen LogP contribution is -2.51. The van der Waals surface area contributed by atoms with Crippen LogP contribution in [0.4, 0.5) is 11.6 Å². The monoisotopic (exact) mass is 261 g/mol. The van der Waals surface area contributed by atoms with E-state index in [0.717, 1.165) is 30.5 Å². The van der Waals surface area contributed by atoms with Gasteiger partial charge in [-0.25, -0.2) is 9.97 Å². The van der Waals surface area contributed by atoms with E-state index < -0.39 is 0 Å². The molecule has 5 nitrogen and oxygen atoms in total. The van der Waals surface area contributed by atoms with Crippen molar-refractivity contribution in [2.45, 2.75) is 51.1 Å². The van der Waals surface area contributed by atoms with Gasteiger partial charge in [0.25, 0.3) is 0 Å². The van der Waals surface area contributed by atoms with Gasteiger partial charge in [0.2, 0.25) is 0 Å². The van der Waals surface area contributed by atoms with Crippen molar-refractivity contribution in [3.63, 3.8) is 0 Å². The van der Waals surface area contributed by atoms with Crippen LogP contribution in [0.1, 0.15) is 37.9 Å². The number of anilines is 2. The molecule has 0 radical (unpaired) electrons. The Hall–Kier alpha value is -1.36. The van der Waals surface area contributed by atoms with Crippen LogP contribution < -0.4 is 16.0 Å². The molecule has 2 fully saturated rings. The van der Waals surface area contributed by atoms with Crippen LogP contribution in [0.3, 0.4) is 0 Å². The van der Waals surface area contributed by atoms with Gasteiger partial charge in [0.1, 0.15) is 17.5 Å². The van der Waals surface area contributed by atoms with Crippen molar-refractivity contribution in [1.29, 1.82) is 0 Å². The van der Waals surface area contributed by atoms with Gasteiger partial charge in [-0.3, -0.25) is 0 Å². The molecule has 1 saturated heterocycles. The van der Waals surface area contributed by atoms with Crippen LogP contribution in [0.5, 0.6) is 0 Å². The molecule has 1 aliphatic carbocycles. The third-order valence-electron chi connectivity index (χ3n) is 3.93. The number of hydrogen-bond donors (Lipinski definition) is 3. The normalized spacial score (nSPS) is 20.9. The van der Waals surface area contributed by atoms with Crippen molar-refractivity contribution in [2.24, 2.45) is 0 Å². The van der Waals surface area contributed by atoms with Crippen LogP contribution in [-0.4, -0.2) is 35.1 Å². The van der Waals surface area contributed by atoms with Crippen molar-refractivity contribution >= 4 is 11.6 Å². The van der Waals surface area contributed by atoms with Crippen molar-refractivity contribution in [1.82, 2.24) is 15.3 Å². The summed E-state index contributed by atoms with van der Waals surface area (Å²) in [6.45, 7) is 4.00. The topological polar surface area (TPSA) is 61.9 Å². The maximum Gasteiger partial charge on any atom is 0.132 e. The number of nitrogens with one attached hydrogen (secondary N) is 3. The molecule has 1 aromatic rings. The van der Waals surface area contributed by atoms with Crippen LogP contribution in [-0.2, 0) is 0 Å². The fourth-order valence-corrected chi connectivity index (χ4v) is 2.77. The number of nitrogens with zero attached hydrogens (tertiary/aromatic N) is 2. The van der Waals surface area contributed by atoms with Crippen molar-refractivity contribution in [3.8, 4) is 0 Å². The molecule has 1 aliphatic heterocycles. The highest BCUT2D eigenvalue weighted by Crippen LogP contribution is 2.22. The second kappa shape index (κ2) is 5.74. The minimum Gasteiger partial charge on any atom is -0.367 e. The Labute approximate surface area is 114 Å². The van der Waals surface area contributed by atoms with Gasteiger partial charge in [-0.15, -0.1) is 0 Å². The standard InChI is InChI=1S/C14H23N5/c1-10-16-13(18-11-5-3-2-4-6-11)7-14(17-10)19-12-8-15-9-12/h7,11-12,15H,2-6,8-9H2,1H3,(H2,16,17,18,19). The SMILES string of the molecule is Cc1nc(NC2CCCCC2)cc(NC2CNC2)n1. The predicted octanol–water partition coefficient (Wildman–Crippen LogP) is 1.91. The zero-order chi connectivity index (χ0) is 13.1. The van der Waals surface area contributed by atoms with E-state index >= 15 is 0 Å². The van der Waals surface area contributed by atoms with Gasteiger partial charge in [-0.2, -0.15) is 0 Å². The van der Waals surface area contributed by atoms with Crippen LogP contribution in [0, 0.1) is 6.92 Å². The fourth-order valence-electron chi connectivity index (χ4n) is 2.77. The number of hydrogen-bond acceptors (Lipinski definition) is 5. The summed E-state index contributed by atoms with van der Waals surface area (Å²) in [5.74, 6) is 2.74. The summed E-state index contributed by atoms with van der Waals surface area (Å²) in [5, 5.41) is 10.3. The van der Waals surface area contributed by atoms with Gasteiger partial charge in [0.15, 0.2) is 0 Å². The molecular weight excluding hydrogens is 238 g/mol. The summed E-state index contributed by atoms with van der Waals surface area (Å²) < 4.78 is 0. The summed E-state index contributed by atoms with van der Waals surface area (Å²) in [6, 6.07) is 3.14. The molecule has 19 heavy (non-hydrogen) atoms. The van der Waals surface area contributed by atoms with E-state index in [1.54, 1.807) is 0 Å². The average molecular weight is 261 g/mol. The molecular formula is C14H23N5. The van der Waals surface area contributed by atoms with Crippen LogP contribution in [0.25, 0.3) is 0 Å². The number of aromatic nitrogens is 2. The molecule has 5 heteroatoms. The zero-order valence-electron chi connectivity index (χ0n) is 11.6. The Bertz CT molecular complexity index is 424. The summed E-state index contributed by atoms with van der Waals surface area (Å²) in [7, 11) is 0. The molecule has 0 aromatic carbocycles. The molecule has 0 unspecified atom stereocenters. The van der Waals surface area contributed by atoms with Gasteiger partial charge in [0.05, 0.1) is 6.04 Å². The predicted molar refractivity (Wildman–Crippen MR) is 77.5 cm³/mol. The second-order valence-electron chi connectivity index (χ2n) is 5.66. The van der Waals surface area contributed by atoms with E-state index in [1.165, 1.54) is 32.1 Å². The molecule has 0 spiro atoms. The zero-order valence-corrected chi connectivity index (χ0v) is 11.6. The quantitative estimate of drug-likeness (QED) is 0.773. The molecule has 1 aromatic heterocycles. The van der Waals surface area contributed by atoms with E-state index in [1.807, 2.05) is 13.0 Å². The fraction of sp³-hybridized carbons (Fsp3) is 0.714. The average Bonchev–Trinajstić information content (AvgIpc) is 2.34. The van der Waals surface area contributed by atoms with Crippen LogP contribution in [0.2, 0.25) is 0 Å². The van der Waals surface area contributed by atoms with E-state index in [0.29, 0.717) is 12.1 Å². The Morgan fingerprint density at radius 3 is 2.21 bits per heavy atom. The maximum absolute atomic E-state index is 4.50. The van der Waals surface area contributed by atoms with E-state index in [9.17, 15) is 0 Å². The Morgan fingerprint density at radius 2 is 1.63 bits per heavy atom. The highest BCUT2D eigenvalue weighted by Gasteiger charge is 2.18. The summed E-state index contributed by atoms with van der Waals surface area (Å²) in [6.07, 6.45) is 6.57. The first-order valence-electron chi connectivity index (χ1n) is 7.39. The number of aryl methyl sites for hydroxylation is 1. The lowest BCUT2D eigenvalue weighted by Gasteiger charge is -2.29. The number of rotatable bonds is 4. The van der Waals surface area contributed by atoms with E-state index in [4.69, 9.17) is 0 Å². The largest absolute Gasteiger partial charge is 0.367 e. The minimum absolute atomic E-state index is 0.511. The third-order valence-corrected chi connectivity index (χ3v) is 3.93. The molecule has 2 aliphatic rings. The van der Waals surface area contributed by atoms with Gasteiger partial charge in [-0.1, -0.05) is 19.3 Å². The molecule has 0 bridgehead atoms. The van der Waals surface area contributed by atoms with Crippen LogP contribution >= 0.6 is 0 Å². The summed E-state index contributed by atoms with van der Waals surface area (Å²) >= 11 is 0. The Morgan fingerprint density at radius 1 is 1.00 bits per heavy atom. The van der Waals surface area contributed by atoms with Crippen molar-refractivity contribution in [2.75, 3.05) is 23.7 Å². The van der Waals surface area contributed by atoms with Crippen LogP contribution in [0.15, 0.2) is 6.07 Å². The highest BCUT2D eigenvalue weighted by atomic mass is 15.2. The maximum atomic E-state index is 4.50. The van der Waals surface area contributed by atoms with Gasteiger partial charge >= 0.3 is 0 Å². The smallest absolute Gasteiger partial charge is 0.132 e. The Balaban J connectivity index is 1.65. The van der Waals surface area contributed by atoms with E-state index in [2.05, 4.69) is 25.9 Å². The van der Waals surface area contributed by atoms with E-state index in [-0.39, 0.29) is 0 Å². The molecule has 0 amide bonds. The first kappa shape index (κ1) is 12.7. The second-order valence-corrected chi connectivity index (χ2v) is 5.66. The van der Waals surface area contributed by atoms with Crippen molar-refractivity contribution < 1.29 is 0 Å². The van der Waals surface area contributed by atoms with Gasteiger partial charge < -0.3 is 16.0 Å². The lowest BCUT2D eigenvalue weighted by atomic mass is 9.95. The first-order chi connectivity index (χ1) is 9.29. The Kier molecular flexibility index (Phi) is 3.82. The summed E-state index contributed by atoms with van der Waals surface area (Å²) in [4.78, 5) is 8.96. The molecule has 3 rings (SSSR count). The molecule has 3 N–H and O–H groups in total.